The Kier molecular flexibility index (Phi) is 42.2. The molecular weight excluding hydrogens is 965 g/mol. The number of hydrogen-bond donors (Lipinski definition) is 0. The maximum absolute atomic E-state index is 12.5. The maximum Gasteiger partial charge on any atom is 0.311 e. The van der Waals surface area contributed by atoms with Crippen LogP contribution in [0.2, 0.25) is 0 Å². The van der Waals surface area contributed by atoms with E-state index in [1.807, 2.05) is 25.0 Å². The van der Waals surface area contributed by atoms with E-state index in [4.69, 9.17) is 18.9 Å². The predicted molar refractivity (Wildman–Crippen MR) is 291 cm³/mol. The Labute approximate surface area is 436 Å². The van der Waals surface area contributed by atoms with Gasteiger partial charge in [-0.15, -0.1) is 0 Å². The van der Waals surface area contributed by atoms with Crippen LogP contribution >= 0.6 is 47.0 Å². The summed E-state index contributed by atoms with van der Waals surface area (Å²) in [6.45, 7) is 19.4. The van der Waals surface area contributed by atoms with Crippen molar-refractivity contribution in [3.63, 3.8) is 0 Å². The molecular formula is C49H96N4O12S4. The van der Waals surface area contributed by atoms with Gasteiger partial charge in [0, 0.05) is 105 Å². The zero-order valence-electron chi connectivity index (χ0n) is 47.3. The lowest BCUT2D eigenvalue weighted by atomic mass is 9.90. The van der Waals surface area contributed by atoms with E-state index >= 15 is 0 Å². The Balaban J connectivity index is -0.000000303. The Morgan fingerprint density at radius 3 is 0.565 bits per heavy atom. The van der Waals surface area contributed by atoms with Gasteiger partial charge in [-0.25, -0.2) is 0 Å². The van der Waals surface area contributed by atoms with Gasteiger partial charge in [0.05, 0.1) is 21.7 Å². The zero-order chi connectivity index (χ0) is 55.6. The summed E-state index contributed by atoms with van der Waals surface area (Å²) in [6.07, 6.45) is 10.7. The molecule has 0 atom stereocenters. The highest BCUT2D eigenvalue weighted by atomic mass is 32.2. The van der Waals surface area contributed by atoms with Crippen molar-refractivity contribution >= 4 is 94.6 Å². The second kappa shape index (κ2) is 38.8. The quantitative estimate of drug-likeness (QED) is 0.0855. The van der Waals surface area contributed by atoms with Crippen LogP contribution in [0.1, 0.15) is 109 Å². The molecule has 0 heterocycles. The summed E-state index contributed by atoms with van der Waals surface area (Å²) in [6, 6.07) is 0. The first kappa shape index (κ1) is 75.1. The Hall–Kier alpha value is -2.84. The fourth-order valence-electron chi connectivity index (χ4n) is 3.64. The van der Waals surface area contributed by atoms with E-state index in [9.17, 15) is 38.4 Å². The third-order valence-corrected chi connectivity index (χ3v) is 11.0. The number of thioether (sulfide) groups is 4. The van der Waals surface area contributed by atoms with Gasteiger partial charge in [-0.2, -0.15) is 47.0 Å². The van der Waals surface area contributed by atoms with Crippen molar-refractivity contribution < 1.29 is 57.3 Å². The normalized spacial score (nSPS) is 11.1. The highest BCUT2D eigenvalue weighted by Gasteiger charge is 2.41. The van der Waals surface area contributed by atoms with Crippen molar-refractivity contribution in [3.8, 4) is 0 Å². The van der Waals surface area contributed by atoms with E-state index in [0.29, 0.717) is 25.7 Å². The average Bonchev–Trinajstić information content (AvgIpc) is 3.23. The Morgan fingerprint density at radius 1 is 0.319 bits per heavy atom. The Bertz CT molecular complexity index is 1280. The van der Waals surface area contributed by atoms with Gasteiger partial charge in [0.25, 0.3) is 0 Å². The van der Waals surface area contributed by atoms with Crippen LogP contribution in [0.5, 0.6) is 0 Å². The minimum Gasteiger partial charge on any atom is -0.464 e. The first-order valence-corrected chi connectivity index (χ1v) is 28.3. The van der Waals surface area contributed by atoms with Crippen LogP contribution in [0.3, 0.4) is 0 Å². The van der Waals surface area contributed by atoms with Crippen molar-refractivity contribution in [3.05, 3.63) is 0 Å². The van der Waals surface area contributed by atoms with E-state index in [-0.39, 0.29) is 50.1 Å². The maximum atomic E-state index is 12.5. The third kappa shape index (κ3) is 43.7. The molecule has 0 saturated heterocycles. The molecule has 0 saturated carbocycles. The van der Waals surface area contributed by atoms with Gasteiger partial charge in [0.15, 0.2) is 0 Å². The van der Waals surface area contributed by atoms with Crippen LogP contribution < -0.4 is 0 Å². The molecule has 0 radical (unpaired) electrons. The fourth-order valence-corrected chi connectivity index (χ4v) is 5.16. The first-order chi connectivity index (χ1) is 31.2. The Morgan fingerprint density at radius 2 is 0.464 bits per heavy atom. The standard InChI is InChI=1S/C25H44O8.4C6H13NOS/c1-21(2,3)17(26)30-13-25(14-31-18(27)22(4,5)6,15-32-19(28)23(7,8)9)16-33-20(29)24(10,11)12;4*1-7(2)6(8)4-5-9-3/h13-16H2,1-12H3;4*4-5H2,1-3H3. The molecule has 0 rings (SSSR count). The van der Waals surface area contributed by atoms with Gasteiger partial charge in [-0.05, 0) is 108 Å². The summed E-state index contributed by atoms with van der Waals surface area (Å²) in [7, 11) is 14.2. The molecule has 0 aliphatic heterocycles. The molecule has 0 aromatic rings. The van der Waals surface area contributed by atoms with E-state index in [1.165, 1.54) is 0 Å². The number of nitrogens with zero attached hydrogens (tertiary/aromatic N) is 4. The summed E-state index contributed by atoms with van der Waals surface area (Å²) in [4.78, 5) is 99.6. The van der Waals surface area contributed by atoms with Gasteiger partial charge >= 0.3 is 23.9 Å². The molecule has 408 valence electrons. The lowest BCUT2D eigenvalue weighted by Gasteiger charge is -2.34. The van der Waals surface area contributed by atoms with Crippen molar-refractivity contribution in [2.75, 3.05) is 131 Å². The summed E-state index contributed by atoms with van der Waals surface area (Å²) in [5.41, 5.74) is -4.39. The fraction of sp³-hybridized carbons (Fsp3) is 0.837. The number of amides is 4. The molecule has 0 aromatic carbocycles. The lowest BCUT2D eigenvalue weighted by Crippen LogP contribution is -2.46. The molecule has 0 unspecified atom stereocenters. The minimum atomic E-state index is -1.27. The largest absolute Gasteiger partial charge is 0.464 e. The van der Waals surface area contributed by atoms with E-state index in [2.05, 4.69) is 0 Å². The molecule has 0 fully saturated rings. The van der Waals surface area contributed by atoms with Gasteiger partial charge in [-0.1, -0.05) is 0 Å². The monoisotopic (exact) mass is 1060 g/mol. The highest BCUT2D eigenvalue weighted by Crippen LogP contribution is 2.28. The van der Waals surface area contributed by atoms with E-state index < -0.39 is 51.0 Å². The van der Waals surface area contributed by atoms with Crippen LogP contribution in [0.4, 0.5) is 0 Å². The number of rotatable bonds is 20. The summed E-state index contributed by atoms with van der Waals surface area (Å²) >= 11 is 6.80. The number of hydrogen-bond acceptors (Lipinski definition) is 16. The van der Waals surface area contributed by atoms with Crippen LogP contribution in [0.25, 0.3) is 0 Å². The van der Waals surface area contributed by atoms with Crippen LogP contribution in [0, 0.1) is 27.1 Å². The number of esters is 4. The van der Waals surface area contributed by atoms with Crippen LogP contribution in [-0.2, 0) is 57.3 Å². The van der Waals surface area contributed by atoms with Crippen molar-refractivity contribution in [2.24, 2.45) is 27.1 Å². The van der Waals surface area contributed by atoms with Crippen LogP contribution in [0.15, 0.2) is 0 Å². The predicted octanol–water partition coefficient (Wildman–Crippen LogP) is 7.64. The molecule has 16 nitrogen and oxygen atoms in total. The minimum absolute atomic E-state index is 0.212. The second-order valence-corrected chi connectivity index (χ2v) is 24.9. The molecule has 0 bridgehead atoms. The van der Waals surface area contributed by atoms with Crippen molar-refractivity contribution in [1.29, 1.82) is 0 Å². The topological polar surface area (TPSA) is 186 Å². The van der Waals surface area contributed by atoms with Crippen molar-refractivity contribution in [1.82, 2.24) is 19.6 Å². The van der Waals surface area contributed by atoms with Gasteiger partial charge in [0.1, 0.15) is 31.8 Å². The third-order valence-electron chi connectivity index (χ3n) is 8.56. The summed E-state index contributed by atoms with van der Waals surface area (Å²) in [5, 5.41) is 0. The van der Waals surface area contributed by atoms with E-state index in [0.717, 1.165) is 23.0 Å². The molecule has 0 aliphatic carbocycles. The van der Waals surface area contributed by atoms with Crippen molar-refractivity contribution in [2.45, 2.75) is 109 Å². The molecule has 0 aromatic heterocycles. The lowest BCUT2D eigenvalue weighted by molar-refractivity contribution is -0.181. The molecule has 20 heteroatoms. The van der Waals surface area contributed by atoms with Gasteiger partial charge < -0.3 is 38.5 Å². The zero-order valence-corrected chi connectivity index (χ0v) is 50.6. The van der Waals surface area contributed by atoms with Crippen LogP contribution in [-0.4, -0.2) is 198 Å². The van der Waals surface area contributed by atoms with Gasteiger partial charge in [-0.3, -0.25) is 38.4 Å². The van der Waals surface area contributed by atoms with Gasteiger partial charge in [0.2, 0.25) is 23.6 Å². The number of carbonyl (C=O) groups is 8. The highest BCUT2D eigenvalue weighted by molar-refractivity contribution is 7.99. The van der Waals surface area contributed by atoms with E-state index in [1.54, 1.807) is 206 Å². The smallest absolute Gasteiger partial charge is 0.311 e. The molecule has 0 aliphatic rings. The first-order valence-electron chi connectivity index (χ1n) is 22.7. The average molecular weight is 1060 g/mol. The second-order valence-electron chi connectivity index (χ2n) is 20.9. The number of ether oxygens (including phenoxy) is 4. The molecule has 69 heavy (non-hydrogen) atoms. The molecule has 0 N–H and O–H groups in total. The summed E-state index contributed by atoms with van der Waals surface area (Å²) in [5.74, 6) is 2.61. The molecule has 0 spiro atoms. The number of carbonyl (C=O) groups excluding carboxylic acids is 8. The molecule has 4 amide bonds. The SMILES string of the molecule is CC(C)(C)C(=O)OCC(COC(=O)C(C)(C)C)(COC(=O)C(C)(C)C)COC(=O)C(C)(C)C.CSCCC(=O)N(C)C.CSCCC(=O)N(C)C.CSCCC(=O)N(C)C.CSCCC(=O)N(C)C. The summed E-state index contributed by atoms with van der Waals surface area (Å²) < 4.78 is 22.1.